The molecule has 35 heavy (non-hydrogen) atoms. The number of rotatable bonds is 3. The van der Waals surface area contributed by atoms with Crippen molar-refractivity contribution >= 4 is 16.9 Å². The molecule has 8 heteroatoms. The fourth-order valence-electron chi connectivity index (χ4n) is 4.02. The summed E-state index contributed by atoms with van der Waals surface area (Å²) in [6, 6.07) is 19.4. The first-order chi connectivity index (χ1) is 17.2. The Bertz CT molecular complexity index is 1630. The van der Waals surface area contributed by atoms with E-state index in [-0.39, 0.29) is 0 Å². The van der Waals surface area contributed by atoms with Gasteiger partial charge in [0, 0.05) is 42.4 Å². The van der Waals surface area contributed by atoms with Crippen LogP contribution in [0.15, 0.2) is 73.2 Å². The van der Waals surface area contributed by atoms with Crippen molar-refractivity contribution in [2.75, 3.05) is 18.0 Å². The minimum absolute atomic E-state index is 0.395. The van der Waals surface area contributed by atoms with Crippen molar-refractivity contribution in [1.29, 1.82) is 5.26 Å². The van der Waals surface area contributed by atoms with Crippen molar-refractivity contribution in [1.82, 2.24) is 30.1 Å². The van der Waals surface area contributed by atoms with E-state index in [2.05, 4.69) is 48.0 Å². The van der Waals surface area contributed by atoms with E-state index >= 15 is 0 Å². The van der Waals surface area contributed by atoms with Crippen molar-refractivity contribution < 1.29 is 0 Å². The minimum atomic E-state index is 0.395. The van der Waals surface area contributed by atoms with Crippen LogP contribution in [-0.4, -0.2) is 43.2 Å². The topological polar surface area (TPSA) is 107 Å². The molecule has 1 aliphatic heterocycles. The van der Waals surface area contributed by atoms with E-state index in [4.69, 9.17) is 10.2 Å². The molecule has 8 nitrogen and oxygen atoms in total. The van der Waals surface area contributed by atoms with Gasteiger partial charge < -0.3 is 4.90 Å². The Hall–Kier alpha value is -5.08. The van der Waals surface area contributed by atoms with Crippen molar-refractivity contribution in [2.45, 2.75) is 5.92 Å². The first-order valence-corrected chi connectivity index (χ1v) is 11.1. The van der Waals surface area contributed by atoms with Gasteiger partial charge in [0.15, 0.2) is 5.82 Å². The number of fused-ring (bicyclic) bond motifs is 1. The second kappa shape index (κ2) is 8.69. The van der Waals surface area contributed by atoms with E-state index in [1.807, 2.05) is 42.5 Å². The SMILES string of the molecule is N#Cc1ccc(C2CN(c3nccc(-c4nccc(C#Cc5ccc6[nH]ncc6c5)n4)n3)C2)cc1. The first-order valence-electron chi connectivity index (χ1n) is 11.1. The van der Waals surface area contributed by atoms with E-state index in [1.165, 1.54) is 5.56 Å². The molecule has 3 aromatic heterocycles. The van der Waals surface area contributed by atoms with Crippen molar-refractivity contribution in [2.24, 2.45) is 0 Å². The summed E-state index contributed by atoms with van der Waals surface area (Å²) < 4.78 is 0. The summed E-state index contributed by atoms with van der Waals surface area (Å²) in [4.78, 5) is 20.3. The van der Waals surface area contributed by atoms with E-state index in [0.29, 0.717) is 34.6 Å². The lowest BCUT2D eigenvalue weighted by Crippen LogP contribution is -2.46. The highest BCUT2D eigenvalue weighted by molar-refractivity contribution is 5.79. The highest BCUT2D eigenvalue weighted by Crippen LogP contribution is 2.30. The van der Waals surface area contributed by atoms with Gasteiger partial charge in [-0.2, -0.15) is 10.4 Å². The molecule has 0 atom stereocenters. The van der Waals surface area contributed by atoms with Gasteiger partial charge >= 0.3 is 0 Å². The summed E-state index contributed by atoms with van der Waals surface area (Å²) in [6.45, 7) is 1.64. The number of nitriles is 1. The Morgan fingerprint density at radius 3 is 2.57 bits per heavy atom. The third kappa shape index (κ3) is 4.17. The van der Waals surface area contributed by atoms with Crippen LogP contribution in [0.3, 0.4) is 0 Å². The molecule has 0 unspecified atom stereocenters. The second-order valence-electron chi connectivity index (χ2n) is 8.27. The third-order valence-corrected chi connectivity index (χ3v) is 5.98. The molecular weight excluding hydrogens is 436 g/mol. The number of nitrogens with one attached hydrogen (secondary N) is 1. The number of hydrogen-bond donors (Lipinski definition) is 1. The lowest BCUT2D eigenvalue weighted by molar-refractivity contribution is 0.514. The molecule has 0 saturated carbocycles. The van der Waals surface area contributed by atoms with Gasteiger partial charge in [-0.25, -0.2) is 19.9 Å². The predicted molar refractivity (Wildman–Crippen MR) is 131 cm³/mol. The molecule has 166 valence electrons. The van der Waals surface area contributed by atoms with Crippen LogP contribution in [0.25, 0.3) is 22.4 Å². The molecular formula is C27H18N8. The largest absolute Gasteiger partial charge is 0.339 e. The molecule has 0 radical (unpaired) electrons. The van der Waals surface area contributed by atoms with Crippen LogP contribution in [0.1, 0.15) is 28.3 Å². The number of aromatic amines is 1. The number of H-pyrrole nitrogens is 1. The van der Waals surface area contributed by atoms with Gasteiger partial charge in [0.1, 0.15) is 11.4 Å². The number of nitrogens with zero attached hydrogens (tertiary/aromatic N) is 7. The molecule has 5 aromatic rings. The molecule has 4 heterocycles. The van der Waals surface area contributed by atoms with Crippen molar-refractivity contribution in [3.8, 4) is 29.4 Å². The molecule has 6 rings (SSSR count). The molecule has 2 aromatic carbocycles. The summed E-state index contributed by atoms with van der Waals surface area (Å²) in [5.74, 6) is 7.83. The number of anilines is 1. The van der Waals surface area contributed by atoms with Crippen LogP contribution in [0.2, 0.25) is 0 Å². The number of hydrogen-bond acceptors (Lipinski definition) is 7. The van der Waals surface area contributed by atoms with Gasteiger partial charge in [0.05, 0.1) is 23.3 Å². The van der Waals surface area contributed by atoms with Gasteiger partial charge in [0.25, 0.3) is 0 Å². The van der Waals surface area contributed by atoms with Crippen LogP contribution in [0.5, 0.6) is 0 Å². The zero-order valence-electron chi connectivity index (χ0n) is 18.6. The standard InChI is InChI=1S/C27H18N8/c28-14-19-1-5-20(6-2-19)22-16-35(17-22)27-30-12-10-25(33-27)26-29-11-9-23(32-26)7-3-18-4-8-24-21(13-18)15-31-34-24/h1-2,4-6,8-13,15,22H,16-17H2,(H,31,34). The molecule has 0 amide bonds. The fourth-order valence-corrected chi connectivity index (χ4v) is 4.02. The monoisotopic (exact) mass is 454 g/mol. The van der Waals surface area contributed by atoms with Crippen LogP contribution in [-0.2, 0) is 0 Å². The van der Waals surface area contributed by atoms with Gasteiger partial charge in [-0.15, -0.1) is 0 Å². The Balaban J connectivity index is 1.18. The summed E-state index contributed by atoms with van der Waals surface area (Å²) in [7, 11) is 0. The normalized spacial score (nSPS) is 13.1. The van der Waals surface area contributed by atoms with Crippen LogP contribution >= 0.6 is 0 Å². The first kappa shape index (κ1) is 20.5. The van der Waals surface area contributed by atoms with Crippen LogP contribution < -0.4 is 4.90 Å². The average Bonchev–Trinajstić information content (AvgIpc) is 3.35. The lowest BCUT2D eigenvalue weighted by atomic mass is 9.91. The maximum Gasteiger partial charge on any atom is 0.226 e. The lowest BCUT2D eigenvalue weighted by Gasteiger charge is -2.39. The molecule has 1 N–H and O–H groups in total. The summed E-state index contributed by atoms with van der Waals surface area (Å²) in [5.41, 5.74) is 5.03. The third-order valence-electron chi connectivity index (χ3n) is 5.98. The highest BCUT2D eigenvalue weighted by Gasteiger charge is 2.30. The molecule has 1 saturated heterocycles. The maximum atomic E-state index is 8.98. The van der Waals surface area contributed by atoms with E-state index < -0.39 is 0 Å². The molecule has 1 fully saturated rings. The van der Waals surface area contributed by atoms with Gasteiger partial charge in [-0.1, -0.05) is 18.1 Å². The van der Waals surface area contributed by atoms with E-state index in [1.54, 1.807) is 30.7 Å². The zero-order chi connectivity index (χ0) is 23.6. The van der Waals surface area contributed by atoms with Crippen LogP contribution in [0.4, 0.5) is 5.95 Å². The van der Waals surface area contributed by atoms with Gasteiger partial charge in [-0.3, -0.25) is 5.10 Å². The fraction of sp³-hybridized carbons (Fsp3) is 0.111. The zero-order valence-corrected chi connectivity index (χ0v) is 18.6. The van der Waals surface area contributed by atoms with Crippen molar-refractivity contribution in [3.63, 3.8) is 0 Å². The molecule has 0 aliphatic carbocycles. The maximum absolute atomic E-state index is 8.98. The van der Waals surface area contributed by atoms with E-state index in [0.717, 1.165) is 29.6 Å². The number of benzene rings is 2. The Morgan fingerprint density at radius 2 is 1.71 bits per heavy atom. The van der Waals surface area contributed by atoms with E-state index in [9.17, 15) is 0 Å². The summed E-state index contributed by atoms with van der Waals surface area (Å²) in [5, 5.41) is 17.0. The minimum Gasteiger partial charge on any atom is -0.339 e. The second-order valence-corrected chi connectivity index (χ2v) is 8.27. The predicted octanol–water partition coefficient (Wildman–Crippen LogP) is 3.69. The highest BCUT2D eigenvalue weighted by atomic mass is 15.3. The summed E-state index contributed by atoms with van der Waals surface area (Å²) >= 11 is 0. The quantitative estimate of drug-likeness (QED) is 0.414. The Kier molecular flexibility index (Phi) is 5.10. The molecule has 1 aliphatic rings. The average molecular weight is 454 g/mol. The smallest absolute Gasteiger partial charge is 0.226 e. The van der Waals surface area contributed by atoms with Crippen LogP contribution in [0, 0.1) is 23.2 Å². The van der Waals surface area contributed by atoms with Crippen molar-refractivity contribution in [3.05, 3.63) is 95.6 Å². The van der Waals surface area contributed by atoms with Gasteiger partial charge in [0.2, 0.25) is 5.95 Å². The number of aromatic nitrogens is 6. The Morgan fingerprint density at radius 1 is 0.886 bits per heavy atom. The van der Waals surface area contributed by atoms with Gasteiger partial charge in [-0.05, 0) is 53.9 Å². The molecule has 0 spiro atoms. The summed E-state index contributed by atoms with van der Waals surface area (Å²) in [6.07, 6.45) is 5.20. The Labute approximate surface area is 201 Å². The molecule has 0 bridgehead atoms.